The molecule has 2 aliphatic rings. The largest absolute Gasteiger partial charge is 0.492 e. The molecule has 0 N–H and O–H groups in total. The number of imide groups is 1. The molecule has 0 aromatic heterocycles. The maximum atomic E-state index is 13.0. The van der Waals surface area contributed by atoms with Gasteiger partial charge in [0, 0.05) is 18.6 Å². The van der Waals surface area contributed by atoms with Gasteiger partial charge in [-0.15, -0.1) is 0 Å². The fourth-order valence-corrected chi connectivity index (χ4v) is 4.15. The van der Waals surface area contributed by atoms with Crippen LogP contribution in [-0.2, 0) is 9.59 Å². The minimum absolute atomic E-state index is 0.224. The van der Waals surface area contributed by atoms with Crippen LogP contribution in [0, 0.1) is 0 Å². The molecule has 0 unspecified atom stereocenters. The van der Waals surface area contributed by atoms with Gasteiger partial charge in [-0.05, 0) is 37.1 Å². The van der Waals surface area contributed by atoms with Crippen LogP contribution in [0.25, 0.3) is 0 Å². The maximum absolute atomic E-state index is 13.0. The molecule has 0 bridgehead atoms. The quantitative estimate of drug-likeness (QED) is 0.623. The molecule has 0 radical (unpaired) electrons. The smallest absolute Gasteiger partial charge is 0.327 e. The Morgan fingerprint density at radius 2 is 1.82 bits per heavy atom. The fraction of sp³-hybridized carbons (Fsp3) is 0.550. The van der Waals surface area contributed by atoms with Crippen molar-refractivity contribution in [2.24, 2.45) is 0 Å². The van der Waals surface area contributed by atoms with E-state index in [9.17, 15) is 14.4 Å². The van der Waals surface area contributed by atoms with Crippen molar-refractivity contribution in [2.75, 3.05) is 33.8 Å². The van der Waals surface area contributed by atoms with Crippen LogP contribution in [0.2, 0.25) is 0 Å². The average Bonchev–Trinajstić information content (AvgIpc) is 2.86. The number of carbonyl (C=O) groups is 3. The van der Waals surface area contributed by atoms with Crippen LogP contribution in [0.15, 0.2) is 28.7 Å². The molecule has 1 saturated heterocycles. The predicted molar refractivity (Wildman–Crippen MR) is 108 cm³/mol. The van der Waals surface area contributed by atoms with Crippen molar-refractivity contribution < 1.29 is 19.1 Å². The molecule has 1 aromatic rings. The molecule has 1 aliphatic carbocycles. The minimum Gasteiger partial charge on any atom is -0.492 e. The van der Waals surface area contributed by atoms with Gasteiger partial charge in [-0.1, -0.05) is 35.2 Å². The Labute approximate surface area is 173 Å². The summed E-state index contributed by atoms with van der Waals surface area (Å²) in [6.45, 7) is 0.472. The predicted octanol–water partition coefficient (Wildman–Crippen LogP) is 2.88. The summed E-state index contributed by atoms with van der Waals surface area (Å²) < 4.78 is 6.60. The number of benzene rings is 1. The molecule has 28 heavy (non-hydrogen) atoms. The second-order valence-electron chi connectivity index (χ2n) is 7.44. The highest BCUT2D eigenvalue weighted by Gasteiger charge is 2.55. The number of ether oxygens (including phenoxy) is 1. The summed E-state index contributed by atoms with van der Waals surface area (Å²) in [6, 6.07) is 7.07. The third-order valence-electron chi connectivity index (χ3n) is 5.71. The van der Waals surface area contributed by atoms with Gasteiger partial charge in [0.05, 0.1) is 6.54 Å². The zero-order chi connectivity index (χ0) is 20.3. The van der Waals surface area contributed by atoms with Gasteiger partial charge >= 0.3 is 6.03 Å². The first-order valence-electron chi connectivity index (χ1n) is 9.57. The molecule has 7 nitrogen and oxygen atoms in total. The first kappa shape index (κ1) is 20.6. The van der Waals surface area contributed by atoms with Crippen LogP contribution in [0.5, 0.6) is 5.75 Å². The van der Waals surface area contributed by atoms with Crippen molar-refractivity contribution >= 4 is 33.8 Å². The summed E-state index contributed by atoms with van der Waals surface area (Å²) in [5.74, 6) is 0.213. The molecule has 1 heterocycles. The van der Waals surface area contributed by atoms with E-state index in [-0.39, 0.29) is 24.4 Å². The molecule has 1 aliphatic heterocycles. The zero-order valence-electron chi connectivity index (χ0n) is 16.3. The van der Waals surface area contributed by atoms with Crippen molar-refractivity contribution in [2.45, 2.75) is 37.6 Å². The standard InChI is InChI=1S/C20H26BrN3O4/c1-22(12-13-28-16-8-6-15(21)7-9-16)17(25)14-24-18(26)20(23(2)19(24)27)10-4-3-5-11-20/h6-9H,3-5,10-14H2,1-2H3. The Hall–Kier alpha value is -2.09. The molecule has 152 valence electrons. The number of hydrogen-bond donors (Lipinski definition) is 0. The highest BCUT2D eigenvalue weighted by Crippen LogP contribution is 2.39. The number of nitrogens with zero attached hydrogens (tertiary/aromatic N) is 3. The van der Waals surface area contributed by atoms with Gasteiger partial charge in [0.25, 0.3) is 5.91 Å². The minimum atomic E-state index is -0.751. The molecule has 3 rings (SSSR count). The first-order valence-corrected chi connectivity index (χ1v) is 10.4. The van der Waals surface area contributed by atoms with Crippen molar-refractivity contribution in [3.8, 4) is 5.75 Å². The van der Waals surface area contributed by atoms with Gasteiger partial charge in [-0.2, -0.15) is 0 Å². The Kier molecular flexibility index (Phi) is 6.27. The number of hydrogen-bond acceptors (Lipinski definition) is 4. The lowest BCUT2D eigenvalue weighted by Crippen LogP contribution is -2.49. The lowest BCUT2D eigenvalue weighted by Gasteiger charge is -2.35. The summed E-state index contributed by atoms with van der Waals surface area (Å²) in [5, 5.41) is 0. The van der Waals surface area contributed by atoms with E-state index in [1.54, 1.807) is 19.0 Å². The second-order valence-corrected chi connectivity index (χ2v) is 8.36. The molecule has 0 atom stereocenters. The van der Waals surface area contributed by atoms with E-state index in [4.69, 9.17) is 4.74 Å². The molecular weight excluding hydrogens is 426 g/mol. The highest BCUT2D eigenvalue weighted by molar-refractivity contribution is 9.10. The van der Waals surface area contributed by atoms with E-state index in [0.29, 0.717) is 26.0 Å². The maximum Gasteiger partial charge on any atom is 0.327 e. The van der Waals surface area contributed by atoms with Crippen molar-refractivity contribution in [1.29, 1.82) is 0 Å². The summed E-state index contributed by atoms with van der Waals surface area (Å²) in [4.78, 5) is 42.3. The van der Waals surface area contributed by atoms with E-state index in [2.05, 4.69) is 15.9 Å². The summed E-state index contributed by atoms with van der Waals surface area (Å²) in [5.41, 5.74) is -0.751. The van der Waals surface area contributed by atoms with Gasteiger partial charge in [0.2, 0.25) is 5.91 Å². The van der Waals surface area contributed by atoms with Gasteiger partial charge in [-0.25, -0.2) is 4.79 Å². The number of urea groups is 1. The van der Waals surface area contributed by atoms with Gasteiger partial charge < -0.3 is 14.5 Å². The molecule has 4 amide bonds. The highest BCUT2D eigenvalue weighted by atomic mass is 79.9. The normalized spacial score (nSPS) is 18.7. The number of halogens is 1. The summed E-state index contributed by atoms with van der Waals surface area (Å²) in [6.07, 6.45) is 4.29. The third kappa shape index (κ3) is 4.01. The molecule has 1 saturated carbocycles. The van der Waals surface area contributed by atoms with Crippen LogP contribution in [0.3, 0.4) is 0 Å². The lowest BCUT2D eigenvalue weighted by atomic mass is 9.81. The summed E-state index contributed by atoms with van der Waals surface area (Å²) in [7, 11) is 3.32. The molecule has 8 heteroatoms. The Morgan fingerprint density at radius 3 is 2.46 bits per heavy atom. The summed E-state index contributed by atoms with van der Waals surface area (Å²) >= 11 is 3.37. The first-order chi connectivity index (χ1) is 13.3. The van der Waals surface area contributed by atoms with Crippen LogP contribution in [0.1, 0.15) is 32.1 Å². The Morgan fingerprint density at radius 1 is 1.18 bits per heavy atom. The van der Waals surface area contributed by atoms with E-state index < -0.39 is 5.54 Å². The van der Waals surface area contributed by atoms with Crippen LogP contribution >= 0.6 is 15.9 Å². The topological polar surface area (TPSA) is 70.2 Å². The van der Waals surface area contributed by atoms with Gasteiger partial charge in [-0.3, -0.25) is 14.5 Å². The Bertz CT molecular complexity index is 746. The lowest BCUT2D eigenvalue weighted by molar-refractivity contribution is -0.140. The number of likely N-dealkylation sites (N-methyl/N-ethyl adjacent to an activating group) is 2. The Balaban J connectivity index is 1.53. The van der Waals surface area contributed by atoms with E-state index in [0.717, 1.165) is 34.4 Å². The van der Waals surface area contributed by atoms with Crippen molar-refractivity contribution in [1.82, 2.24) is 14.7 Å². The molecular formula is C20H26BrN3O4. The SMILES string of the molecule is CN(CCOc1ccc(Br)cc1)C(=O)CN1C(=O)N(C)C2(CCCCC2)C1=O. The van der Waals surface area contributed by atoms with Gasteiger partial charge in [0.1, 0.15) is 24.4 Å². The van der Waals surface area contributed by atoms with Crippen LogP contribution in [-0.4, -0.2) is 71.9 Å². The molecule has 2 fully saturated rings. The number of rotatable bonds is 6. The van der Waals surface area contributed by atoms with Crippen LogP contribution in [0.4, 0.5) is 4.79 Å². The van der Waals surface area contributed by atoms with Crippen molar-refractivity contribution in [3.05, 3.63) is 28.7 Å². The number of amides is 4. The molecule has 1 spiro atoms. The number of carbonyl (C=O) groups excluding carboxylic acids is 3. The molecule has 1 aromatic carbocycles. The average molecular weight is 452 g/mol. The third-order valence-corrected chi connectivity index (χ3v) is 6.24. The second kappa shape index (κ2) is 8.51. The van der Waals surface area contributed by atoms with E-state index in [1.165, 1.54) is 4.90 Å². The zero-order valence-corrected chi connectivity index (χ0v) is 17.9. The van der Waals surface area contributed by atoms with E-state index in [1.807, 2.05) is 24.3 Å². The van der Waals surface area contributed by atoms with Crippen molar-refractivity contribution in [3.63, 3.8) is 0 Å². The van der Waals surface area contributed by atoms with E-state index >= 15 is 0 Å². The monoisotopic (exact) mass is 451 g/mol. The van der Waals surface area contributed by atoms with Gasteiger partial charge in [0.15, 0.2) is 0 Å². The fourth-order valence-electron chi connectivity index (χ4n) is 3.88. The van der Waals surface area contributed by atoms with Crippen LogP contribution < -0.4 is 4.74 Å².